The number of alkyl halides is 3. The fraction of sp³-hybridized carbons (Fsp3) is 0.611. The second-order valence-corrected chi connectivity index (χ2v) is 9.63. The Morgan fingerprint density at radius 2 is 2.04 bits per heavy atom. The molecule has 2 atom stereocenters. The van der Waals surface area contributed by atoms with Crippen molar-refractivity contribution in [3.05, 3.63) is 29.8 Å². The topological polar surface area (TPSA) is 67.8 Å². The van der Waals surface area contributed by atoms with Crippen LogP contribution in [0.4, 0.5) is 18.9 Å². The average molecular weight is 404 g/mol. The number of halogens is 3. The Labute approximate surface area is 157 Å². The van der Waals surface area contributed by atoms with Crippen LogP contribution in [-0.4, -0.2) is 27.0 Å². The van der Waals surface area contributed by atoms with Gasteiger partial charge in [0.1, 0.15) is 7.11 Å². The monoisotopic (exact) mass is 404 g/mol. The summed E-state index contributed by atoms with van der Waals surface area (Å²) in [5, 5.41) is 4.09. The van der Waals surface area contributed by atoms with E-state index in [1.54, 1.807) is 0 Å². The number of oxime groups is 1. The summed E-state index contributed by atoms with van der Waals surface area (Å²) in [5.41, 5.74) is -1.24. The number of nitrogens with one attached hydrogen (secondary N) is 1. The van der Waals surface area contributed by atoms with Crippen LogP contribution in [0.25, 0.3) is 0 Å². The minimum absolute atomic E-state index is 0.100. The van der Waals surface area contributed by atoms with Gasteiger partial charge in [-0.2, -0.15) is 13.2 Å². The molecule has 2 fully saturated rings. The Kier molecular flexibility index (Phi) is 4.73. The molecule has 0 heterocycles. The van der Waals surface area contributed by atoms with Crippen molar-refractivity contribution in [3.8, 4) is 0 Å². The second-order valence-electron chi connectivity index (χ2n) is 7.90. The summed E-state index contributed by atoms with van der Waals surface area (Å²) in [7, 11) is -2.47. The molecule has 9 heteroatoms. The van der Waals surface area contributed by atoms with Crippen LogP contribution in [0.2, 0.25) is 0 Å². The summed E-state index contributed by atoms with van der Waals surface area (Å²) in [6.07, 6.45) is -2.30. The van der Waals surface area contributed by atoms with Crippen LogP contribution in [0.5, 0.6) is 0 Å². The van der Waals surface area contributed by atoms with Gasteiger partial charge < -0.3 is 4.84 Å². The molecule has 0 saturated heterocycles. The number of benzene rings is 1. The summed E-state index contributed by atoms with van der Waals surface area (Å²) >= 11 is 0. The molecule has 2 bridgehead atoms. The first kappa shape index (κ1) is 20.0. The molecule has 2 unspecified atom stereocenters. The van der Waals surface area contributed by atoms with Gasteiger partial charge in [0.05, 0.1) is 17.0 Å². The Bertz CT molecular complexity index is 865. The number of hydrogen-bond donors (Lipinski definition) is 1. The highest BCUT2D eigenvalue weighted by Gasteiger charge is 2.64. The highest BCUT2D eigenvalue weighted by atomic mass is 32.2. The van der Waals surface area contributed by atoms with Crippen molar-refractivity contribution in [2.75, 3.05) is 17.6 Å². The molecule has 0 aromatic heterocycles. The lowest BCUT2D eigenvalue weighted by molar-refractivity contribution is -0.137. The first-order valence-electron chi connectivity index (χ1n) is 8.69. The zero-order chi connectivity index (χ0) is 20.1. The molecule has 5 nitrogen and oxygen atoms in total. The highest BCUT2D eigenvalue weighted by molar-refractivity contribution is 7.92. The molecular weight excluding hydrogens is 381 g/mol. The summed E-state index contributed by atoms with van der Waals surface area (Å²) < 4.78 is 66.7. The van der Waals surface area contributed by atoms with Crippen LogP contribution in [0, 0.1) is 16.7 Å². The van der Waals surface area contributed by atoms with E-state index >= 15 is 0 Å². The van der Waals surface area contributed by atoms with Crippen LogP contribution in [0.3, 0.4) is 0 Å². The van der Waals surface area contributed by atoms with E-state index in [4.69, 9.17) is 4.84 Å². The zero-order valence-electron chi connectivity index (χ0n) is 15.4. The number of anilines is 1. The van der Waals surface area contributed by atoms with E-state index < -0.39 is 27.2 Å². The molecule has 2 aliphatic carbocycles. The van der Waals surface area contributed by atoms with Crippen molar-refractivity contribution in [3.63, 3.8) is 0 Å². The molecule has 27 heavy (non-hydrogen) atoms. The summed E-state index contributed by atoms with van der Waals surface area (Å²) in [6.45, 7) is 4.06. The summed E-state index contributed by atoms with van der Waals surface area (Å²) in [5.74, 6) is 0.0808. The Balaban J connectivity index is 1.89. The van der Waals surface area contributed by atoms with Crippen LogP contribution in [-0.2, 0) is 21.0 Å². The maximum absolute atomic E-state index is 12.9. The van der Waals surface area contributed by atoms with Crippen molar-refractivity contribution >= 4 is 21.4 Å². The van der Waals surface area contributed by atoms with E-state index in [2.05, 4.69) is 9.88 Å². The maximum Gasteiger partial charge on any atom is 0.416 e. The van der Waals surface area contributed by atoms with Crippen molar-refractivity contribution < 1.29 is 26.4 Å². The number of nitrogens with zero attached hydrogens (tertiary/aromatic N) is 1. The van der Waals surface area contributed by atoms with E-state index in [0.717, 1.165) is 24.3 Å². The quantitative estimate of drug-likeness (QED) is 0.745. The van der Waals surface area contributed by atoms with Crippen molar-refractivity contribution in [2.24, 2.45) is 21.9 Å². The number of hydrogen-bond acceptors (Lipinski definition) is 4. The van der Waals surface area contributed by atoms with E-state index in [-0.39, 0.29) is 16.9 Å². The van der Waals surface area contributed by atoms with Crippen LogP contribution < -0.4 is 4.72 Å². The van der Waals surface area contributed by atoms with Gasteiger partial charge in [-0.05, 0) is 48.8 Å². The summed E-state index contributed by atoms with van der Waals surface area (Å²) in [6, 6.07) is 4.20. The zero-order valence-corrected chi connectivity index (χ0v) is 16.2. The lowest BCUT2D eigenvalue weighted by atomic mass is 9.70. The number of fused-ring (bicyclic) bond motifs is 2. The maximum atomic E-state index is 12.9. The minimum Gasteiger partial charge on any atom is -0.399 e. The predicted octanol–water partition coefficient (Wildman–Crippen LogP) is 4.28. The van der Waals surface area contributed by atoms with Crippen LogP contribution >= 0.6 is 0 Å². The lowest BCUT2D eigenvalue weighted by Crippen LogP contribution is -2.43. The largest absolute Gasteiger partial charge is 0.416 e. The molecule has 3 rings (SSSR count). The molecule has 150 valence electrons. The van der Waals surface area contributed by atoms with Crippen molar-refractivity contribution in [1.82, 2.24) is 0 Å². The van der Waals surface area contributed by atoms with Crippen molar-refractivity contribution in [2.45, 2.75) is 39.3 Å². The predicted molar refractivity (Wildman–Crippen MR) is 96.9 cm³/mol. The van der Waals surface area contributed by atoms with E-state index in [1.165, 1.54) is 19.2 Å². The molecular formula is C18H23F3N2O3S. The van der Waals surface area contributed by atoms with Crippen LogP contribution in [0.15, 0.2) is 29.4 Å². The molecule has 0 aliphatic heterocycles. The number of sulfonamides is 1. The third kappa shape index (κ3) is 3.41. The summed E-state index contributed by atoms with van der Waals surface area (Å²) in [4.78, 5) is 4.93. The van der Waals surface area contributed by atoms with Crippen molar-refractivity contribution in [1.29, 1.82) is 0 Å². The Morgan fingerprint density at radius 1 is 1.33 bits per heavy atom. The van der Waals surface area contributed by atoms with Gasteiger partial charge in [0.2, 0.25) is 10.0 Å². The van der Waals surface area contributed by atoms with Gasteiger partial charge in [-0.1, -0.05) is 25.1 Å². The van der Waals surface area contributed by atoms with E-state index in [9.17, 15) is 21.6 Å². The van der Waals surface area contributed by atoms with Gasteiger partial charge in [0.25, 0.3) is 0 Å². The molecule has 0 radical (unpaired) electrons. The van der Waals surface area contributed by atoms with Gasteiger partial charge in [0, 0.05) is 11.1 Å². The SMILES string of the molecule is CON=C1CC2CCC1(CS(=O)(=O)Nc1cccc(C(F)(F)F)c1)C2(C)C. The molecule has 2 saturated carbocycles. The first-order valence-corrected chi connectivity index (χ1v) is 10.3. The Hall–Kier alpha value is -1.77. The van der Waals surface area contributed by atoms with Gasteiger partial charge in [-0.15, -0.1) is 0 Å². The molecule has 0 amide bonds. The highest BCUT2D eigenvalue weighted by Crippen LogP contribution is 2.64. The molecule has 2 aliphatic rings. The standard InChI is InChI=1S/C18H23F3N2O3S/c1-16(2)12-7-8-17(16,15(10-12)22-26-3)11-27(24,25)23-14-6-4-5-13(9-14)18(19,20)21/h4-6,9,12,23H,7-8,10-11H2,1-3H3. The normalized spacial score (nSPS) is 28.5. The second kappa shape index (κ2) is 6.39. The Morgan fingerprint density at radius 3 is 2.63 bits per heavy atom. The third-order valence-electron chi connectivity index (χ3n) is 6.27. The number of rotatable bonds is 5. The fourth-order valence-electron chi connectivity index (χ4n) is 4.67. The molecule has 1 aromatic rings. The molecule has 0 spiro atoms. The van der Waals surface area contributed by atoms with Gasteiger partial charge in [-0.3, -0.25) is 4.72 Å². The van der Waals surface area contributed by atoms with Crippen LogP contribution in [0.1, 0.15) is 38.7 Å². The first-order chi connectivity index (χ1) is 12.4. The van der Waals surface area contributed by atoms with Gasteiger partial charge >= 0.3 is 6.18 Å². The molecule has 1 aromatic carbocycles. The minimum atomic E-state index is -4.54. The molecule has 1 N–H and O–H groups in total. The smallest absolute Gasteiger partial charge is 0.399 e. The third-order valence-corrected chi connectivity index (χ3v) is 7.69. The average Bonchev–Trinajstić information content (AvgIpc) is 2.88. The fourth-order valence-corrected chi connectivity index (χ4v) is 6.56. The van der Waals surface area contributed by atoms with Gasteiger partial charge in [-0.25, -0.2) is 8.42 Å². The van der Waals surface area contributed by atoms with E-state index in [1.807, 2.05) is 13.8 Å². The van der Waals surface area contributed by atoms with Gasteiger partial charge in [0.15, 0.2) is 0 Å². The lowest BCUT2D eigenvalue weighted by Gasteiger charge is -2.37. The van der Waals surface area contributed by atoms with E-state index in [0.29, 0.717) is 18.8 Å².